The molecule has 0 aliphatic carbocycles. The topological polar surface area (TPSA) is 57.4 Å². The van der Waals surface area contributed by atoms with Crippen LogP contribution in [0.25, 0.3) is 22.0 Å². The van der Waals surface area contributed by atoms with Crippen LogP contribution in [-0.2, 0) is 0 Å². The summed E-state index contributed by atoms with van der Waals surface area (Å²) >= 11 is 3.48. The Labute approximate surface area is 208 Å². The van der Waals surface area contributed by atoms with Crippen molar-refractivity contribution in [3.05, 3.63) is 78.5 Å². The Kier molecular flexibility index (Phi) is 6.59. The highest BCUT2D eigenvalue weighted by atomic mass is 79.9. The smallest absolute Gasteiger partial charge is 0.258 e. The zero-order chi connectivity index (χ0) is 23.5. The van der Waals surface area contributed by atoms with E-state index < -0.39 is 0 Å². The number of para-hydroxylation sites is 2. The van der Waals surface area contributed by atoms with E-state index in [1.807, 2.05) is 53.6 Å². The van der Waals surface area contributed by atoms with Crippen molar-refractivity contribution in [2.75, 3.05) is 28.7 Å². The van der Waals surface area contributed by atoms with Gasteiger partial charge in [0.25, 0.3) is 5.91 Å². The molecule has 0 fully saturated rings. The van der Waals surface area contributed by atoms with Crippen LogP contribution in [0.4, 0.5) is 11.4 Å². The van der Waals surface area contributed by atoms with Crippen LogP contribution in [0.2, 0.25) is 0 Å². The predicted molar refractivity (Wildman–Crippen MR) is 143 cm³/mol. The minimum absolute atomic E-state index is 0.0127. The first-order valence-corrected chi connectivity index (χ1v) is 12.8. The average Bonchev–Trinajstić information content (AvgIpc) is 3.26. The molecule has 6 heteroatoms. The van der Waals surface area contributed by atoms with Gasteiger partial charge in [-0.2, -0.15) is 0 Å². The maximum atomic E-state index is 13.7. The zero-order valence-corrected chi connectivity index (χ0v) is 20.8. The number of carbonyl (C=O) groups is 1. The highest BCUT2D eigenvalue weighted by Crippen LogP contribution is 2.35. The van der Waals surface area contributed by atoms with Gasteiger partial charge in [0.15, 0.2) is 0 Å². The first-order valence-electron chi connectivity index (χ1n) is 11.7. The monoisotopic (exact) mass is 517 g/mol. The van der Waals surface area contributed by atoms with E-state index in [9.17, 15) is 4.79 Å². The molecule has 0 saturated carbocycles. The van der Waals surface area contributed by atoms with Crippen molar-refractivity contribution in [1.82, 2.24) is 4.98 Å². The number of nitrogens with one attached hydrogen (secondary N) is 2. The molecule has 0 saturated heterocycles. The molecule has 0 unspecified atom stereocenters. The molecule has 2 N–H and O–H groups in total. The number of anilines is 2. The number of aromatic nitrogens is 1. The Morgan fingerprint density at radius 1 is 1.12 bits per heavy atom. The van der Waals surface area contributed by atoms with Crippen molar-refractivity contribution in [2.45, 2.75) is 25.8 Å². The first kappa shape index (κ1) is 22.5. The standard InChI is InChI=1S/C28H28BrN3O2/c1-19-12-15-32(26-6-3-2-5-25(26)31-19)28(33)22-7-9-23(27(18-22)34-16-4-13-29)20-8-10-24-21(17-20)11-14-30-24/h2-3,5-11,14,17-19,30-31H,4,12-13,15-16H2,1H3/t19-/m0/s1. The maximum absolute atomic E-state index is 13.7. The molecule has 34 heavy (non-hydrogen) atoms. The molecular weight excluding hydrogens is 490 g/mol. The van der Waals surface area contributed by atoms with Crippen molar-refractivity contribution < 1.29 is 9.53 Å². The minimum atomic E-state index is -0.0127. The number of nitrogens with zero attached hydrogens (tertiary/aromatic N) is 1. The van der Waals surface area contributed by atoms with Gasteiger partial charge in [-0.3, -0.25) is 4.79 Å². The Morgan fingerprint density at radius 3 is 2.88 bits per heavy atom. The quantitative estimate of drug-likeness (QED) is 0.217. The molecule has 1 aliphatic heterocycles. The molecule has 0 spiro atoms. The average molecular weight is 518 g/mol. The van der Waals surface area contributed by atoms with E-state index in [4.69, 9.17) is 4.74 Å². The molecule has 1 aliphatic rings. The van der Waals surface area contributed by atoms with Gasteiger partial charge in [0, 0.05) is 40.8 Å². The number of hydrogen-bond acceptors (Lipinski definition) is 3. The van der Waals surface area contributed by atoms with Crippen LogP contribution < -0.4 is 15.0 Å². The summed E-state index contributed by atoms with van der Waals surface area (Å²) in [6.45, 7) is 3.39. The third-order valence-corrected chi connectivity index (χ3v) is 6.82. The lowest BCUT2D eigenvalue weighted by Gasteiger charge is -2.23. The van der Waals surface area contributed by atoms with E-state index in [1.54, 1.807) is 0 Å². The molecule has 2 heterocycles. The SMILES string of the molecule is C[C@H]1CCN(C(=O)c2ccc(-c3ccc4[nH]ccc4c3)c(OCCCBr)c2)c2ccccc2N1. The molecule has 1 amide bonds. The van der Waals surface area contributed by atoms with E-state index in [0.717, 1.165) is 57.3 Å². The fourth-order valence-corrected chi connectivity index (χ4v) is 4.68. The summed E-state index contributed by atoms with van der Waals surface area (Å²) in [5.74, 6) is 0.720. The summed E-state index contributed by atoms with van der Waals surface area (Å²) < 4.78 is 6.19. The molecule has 0 radical (unpaired) electrons. The van der Waals surface area contributed by atoms with Crippen molar-refractivity contribution in [1.29, 1.82) is 0 Å². The largest absolute Gasteiger partial charge is 0.493 e. The number of hydrogen-bond donors (Lipinski definition) is 2. The van der Waals surface area contributed by atoms with Crippen molar-refractivity contribution in [3.8, 4) is 16.9 Å². The summed E-state index contributed by atoms with van der Waals surface area (Å²) in [4.78, 5) is 18.8. The molecule has 3 aromatic carbocycles. The second-order valence-corrected chi connectivity index (χ2v) is 9.48. The molecule has 174 valence electrons. The Bertz CT molecular complexity index is 1320. The number of ether oxygens (including phenoxy) is 1. The van der Waals surface area contributed by atoms with Gasteiger partial charge in [0.2, 0.25) is 0 Å². The van der Waals surface area contributed by atoms with Crippen LogP contribution in [0.1, 0.15) is 30.1 Å². The second-order valence-electron chi connectivity index (χ2n) is 8.69. The van der Waals surface area contributed by atoms with Gasteiger partial charge in [-0.05, 0) is 79.2 Å². The van der Waals surface area contributed by atoms with E-state index in [-0.39, 0.29) is 5.91 Å². The van der Waals surface area contributed by atoms with Gasteiger partial charge in [-0.1, -0.05) is 34.1 Å². The molecular formula is C28H28BrN3O2. The van der Waals surface area contributed by atoms with E-state index in [2.05, 4.69) is 57.4 Å². The number of fused-ring (bicyclic) bond motifs is 2. The number of rotatable bonds is 6. The normalized spacial score (nSPS) is 15.5. The number of benzene rings is 3. The second kappa shape index (κ2) is 9.94. The maximum Gasteiger partial charge on any atom is 0.258 e. The molecule has 5 nitrogen and oxygen atoms in total. The third-order valence-electron chi connectivity index (χ3n) is 6.26. The van der Waals surface area contributed by atoms with Crippen LogP contribution in [0.5, 0.6) is 5.75 Å². The number of alkyl halides is 1. The van der Waals surface area contributed by atoms with Crippen LogP contribution in [-0.4, -0.2) is 35.4 Å². The summed E-state index contributed by atoms with van der Waals surface area (Å²) in [5, 5.41) is 5.53. The predicted octanol–water partition coefficient (Wildman–Crippen LogP) is 6.85. The summed E-state index contributed by atoms with van der Waals surface area (Å²) in [5.41, 5.74) is 5.69. The summed E-state index contributed by atoms with van der Waals surface area (Å²) in [7, 11) is 0. The van der Waals surface area contributed by atoms with Crippen molar-refractivity contribution in [3.63, 3.8) is 0 Å². The third kappa shape index (κ3) is 4.55. The minimum Gasteiger partial charge on any atom is -0.493 e. The van der Waals surface area contributed by atoms with Gasteiger partial charge >= 0.3 is 0 Å². The van der Waals surface area contributed by atoms with Crippen LogP contribution in [0, 0.1) is 0 Å². The van der Waals surface area contributed by atoms with Gasteiger partial charge in [0.05, 0.1) is 18.0 Å². The Morgan fingerprint density at radius 2 is 2.00 bits per heavy atom. The van der Waals surface area contributed by atoms with Crippen LogP contribution in [0.3, 0.4) is 0 Å². The number of amides is 1. The number of halogens is 1. The lowest BCUT2D eigenvalue weighted by atomic mass is 10.0. The van der Waals surface area contributed by atoms with Crippen LogP contribution >= 0.6 is 15.9 Å². The lowest BCUT2D eigenvalue weighted by Crippen LogP contribution is -2.32. The Hall–Kier alpha value is -3.25. The van der Waals surface area contributed by atoms with Crippen molar-refractivity contribution >= 4 is 44.1 Å². The molecule has 5 rings (SSSR count). The number of H-pyrrole nitrogens is 1. The fourth-order valence-electron chi connectivity index (χ4n) is 4.45. The zero-order valence-electron chi connectivity index (χ0n) is 19.2. The first-order chi connectivity index (χ1) is 16.6. The number of aromatic amines is 1. The highest BCUT2D eigenvalue weighted by molar-refractivity contribution is 9.09. The van der Waals surface area contributed by atoms with Crippen LogP contribution in [0.15, 0.2) is 72.9 Å². The van der Waals surface area contributed by atoms with Crippen molar-refractivity contribution in [2.24, 2.45) is 0 Å². The van der Waals surface area contributed by atoms with Gasteiger partial charge in [-0.15, -0.1) is 0 Å². The van der Waals surface area contributed by atoms with Gasteiger partial charge in [0.1, 0.15) is 5.75 Å². The number of carbonyl (C=O) groups excluding carboxylic acids is 1. The Balaban J connectivity index is 1.52. The van der Waals surface area contributed by atoms with Gasteiger partial charge < -0.3 is 19.9 Å². The van der Waals surface area contributed by atoms with Gasteiger partial charge in [-0.25, -0.2) is 0 Å². The molecule has 0 bridgehead atoms. The molecule has 1 atom stereocenters. The lowest BCUT2D eigenvalue weighted by molar-refractivity contribution is 0.0986. The highest BCUT2D eigenvalue weighted by Gasteiger charge is 2.25. The van der Waals surface area contributed by atoms with E-state index >= 15 is 0 Å². The summed E-state index contributed by atoms with van der Waals surface area (Å²) in [6, 6.07) is 22.5. The molecule has 4 aromatic rings. The van der Waals surface area contributed by atoms with E-state index in [0.29, 0.717) is 24.8 Å². The molecule has 1 aromatic heterocycles. The summed E-state index contributed by atoms with van der Waals surface area (Å²) in [6.07, 6.45) is 3.71. The van der Waals surface area contributed by atoms with E-state index in [1.165, 1.54) is 0 Å². The fraction of sp³-hybridized carbons (Fsp3) is 0.250.